The van der Waals surface area contributed by atoms with Crippen molar-refractivity contribution < 1.29 is 4.79 Å². The summed E-state index contributed by atoms with van der Waals surface area (Å²) < 4.78 is 0. The number of amides is 1. The molecule has 0 fully saturated rings. The van der Waals surface area contributed by atoms with Crippen molar-refractivity contribution in [3.8, 4) is 6.07 Å². The summed E-state index contributed by atoms with van der Waals surface area (Å²) in [6.45, 7) is 3.91. The van der Waals surface area contributed by atoms with Crippen LogP contribution in [0.5, 0.6) is 0 Å². The standard InChI is InChI=1S/C15H13N3OS/c1-10-3-4-11(2)12(7-10)8-13(9-16)14(19)18-15-17-5-6-20-15/h3-8H,1-2H3,(H,17,18,19). The van der Waals surface area contributed by atoms with E-state index in [1.165, 1.54) is 11.3 Å². The van der Waals surface area contributed by atoms with E-state index in [9.17, 15) is 4.79 Å². The molecule has 20 heavy (non-hydrogen) atoms. The molecular weight excluding hydrogens is 270 g/mol. The van der Waals surface area contributed by atoms with Crippen LogP contribution in [-0.2, 0) is 4.79 Å². The Labute approximate surface area is 121 Å². The number of hydrogen-bond donors (Lipinski definition) is 1. The van der Waals surface area contributed by atoms with Gasteiger partial charge in [-0.3, -0.25) is 10.1 Å². The maximum Gasteiger partial charge on any atom is 0.268 e. The van der Waals surface area contributed by atoms with Gasteiger partial charge in [-0.05, 0) is 31.1 Å². The molecule has 1 aromatic heterocycles. The highest BCUT2D eigenvalue weighted by Gasteiger charge is 2.11. The number of carbonyl (C=O) groups is 1. The monoisotopic (exact) mass is 283 g/mol. The molecule has 0 aliphatic rings. The van der Waals surface area contributed by atoms with Crippen molar-refractivity contribution >= 4 is 28.5 Å². The number of nitrogens with one attached hydrogen (secondary N) is 1. The van der Waals surface area contributed by atoms with E-state index >= 15 is 0 Å². The number of rotatable bonds is 3. The van der Waals surface area contributed by atoms with E-state index in [1.54, 1.807) is 17.7 Å². The summed E-state index contributed by atoms with van der Waals surface area (Å²) >= 11 is 1.31. The molecule has 0 atom stereocenters. The molecule has 2 rings (SSSR count). The van der Waals surface area contributed by atoms with Crippen molar-refractivity contribution in [2.45, 2.75) is 13.8 Å². The van der Waals surface area contributed by atoms with Crippen LogP contribution < -0.4 is 5.32 Å². The molecule has 1 N–H and O–H groups in total. The van der Waals surface area contributed by atoms with Crippen molar-refractivity contribution in [1.29, 1.82) is 5.26 Å². The number of hydrogen-bond acceptors (Lipinski definition) is 4. The molecule has 0 radical (unpaired) electrons. The molecular formula is C15H13N3OS. The Morgan fingerprint density at radius 3 is 2.90 bits per heavy atom. The first-order chi connectivity index (χ1) is 9.60. The molecule has 1 aromatic carbocycles. The molecule has 0 bridgehead atoms. The Hall–Kier alpha value is -2.45. The number of carbonyl (C=O) groups excluding carboxylic acids is 1. The molecule has 5 heteroatoms. The van der Waals surface area contributed by atoms with Crippen LogP contribution in [0.2, 0.25) is 0 Å². The van der Waals surface area contributed by atoms with Crippen LogP contribution in [0.15, 0.2) is 35.3 Å². The quantitative estimate of drug-likeness (QED) is 0.694. The van der Waals surface area contributed by atoms with Gasteiger partial charge >= 0.3 is 0 Å². The Morgan fingerprint density at radius 2 is 2.25 bits per heavy atom. The predicted molar refractivity (Wildman–Crippen MR) is 80.2 cm³/mol. The first kappa shape index (κ1) is 14.0. The zero-order chi connectivity index (χ0) is 14.5. The second kappa shape index (κ2) is 6.13. The fourth-order valence-electron chi connectivity index (χ4n) is 1.67. The van der Waals surface area contributed by atoms with Crippen LogP contribution in [0.1, 0.15) is 16.7 Å². The first-order valence-electron chi connectivity index (χ1n) is 6.00. The molecule has 2 aromatic rings. The van der Waals surface area contributed by atoms with E-state index in [1.807, 2.05) is 38.1 Å². The predicted octanol–water partition coefficient (Wildman–Crippen LogP) is 3.31. The van der Waals surface area contributed by atoms with Crippen molar-refractivity contribution in [2.75, 3.05) is 5.32 Å². The SMILES string of the molecule is Cc1ccc(C)c(C=C(C#N)C(=O)Nc2nccs2)c1. The van der Waals surface area contributed by atoms with Gasteiger partial charge in [-0.2, -0.15) is 5.26 Å². The van der Waals surface area contributed by atoms with E-state index in [0.717, 1.165) is 16.7 Å². The summed E-state index contributed by atoms with van der Waals surface area (Å²) in [6.07, 6.45) is 3.20. The van der Waals surface area contributed by atoms with Gasteiger partial charge in [0.05, 0.1) is 0 Å². The molecule has 1 amide bonds. The zero-order valence-electron chi connectivity index (χ0n) is 11.2. The van der Waals surface area contributed by atoms with Crippen LogP contribution in [0.3, 0.4) is 0 Å². The third-order valence-corrected chi connectivity index (χ3v) is 3.44. The van der Waals surface area contributed by atoms with E-state index in [2.05, 4.69) is 10.3 Å². The van der Waals surface area contributed by atoms with E-state index in [-0.39, 0.29) is 5.57 Å². The lowest BCUT2D eigenvalue weighted by atomic mass is 10.0. The largest absolute Gasteiger partial charge is 0.297 e. The Bertz CT molecular complexity index is 696. The summed E-state index contributed by atoms with van der Waals surface area (Å²) in [5.74, 6) is -0.441. The molecule has 0 aliphatic heterocycles. The molecule has 0 unspecified atom stereocenters. The zero-order valence-corrected chi connectivity index (χ0v) is 12.0. The van der Waals surface area contributed by atoms with Crippen LogP contribution in [0.25, 0.3) is 6.08 Å². The van der Waals surface area contributed by atoms with Crippen molar-refractivity contribution in [1.82, 2.24) is 4.98 Å². The lowest BCUT2D eigenvalue weighted by Gasteiger charge is -2.04. The number of nitriles is 1. The highest BCUT2D eigenvalue weighted by Crippen LogP contribution is 2.16. The molecule has 0 aliphatic carbocycles. The highest BCUT2D eigenvalue weighted by atomic mass is 32.1. The minimum absolute atomic E-state index is 0.0638. The molecule has 0 saturated heterocycles. The smallest absolute Gasteiger partial charge is 0.268 e. The molecule has 1 heterocycles. The molecule has 4 nitrogen and oxygen atoms in total. The van der Waals surface area contributed by atoms with E-state index in [0.29, 0.717) is 5.13 Å². The number of nitrogens with zero attached hydrogens (tertiary/aromatic N) is 2. The third-order valence-electron chi connectivity index (χ3n) is 2.75. The molecule has 0 saturated carbocycles. The summed E-state index contributed by atoms with van der Waals surface area (Å²) in [6, 6.07) is 7.84. The fraction of sp³-hybridized carbons (Fsp3) is 0.133. The van der Waals surface area contributed by atoms with Gasteiger partial charge in [0, 0.05) is 11.6 Å². The van der Waals surface area contributed by atoms with Gasteiger partial charge in [-0.15, -0.1) is 11.3 Å². The van der Waals surface area contributed by atoms with Crippen LogP contribution in [-0.4, -0.2) is 10.9 Å². The lowest BCUT2D eigenvalue weighted by Crippen LogP contribution is -2.13. The van der Waals surface area contributed by atoms with Gasteiger partial charge in [0.1, 0.15) is 11.6 Å². The van der Waals surface area contributed by atoms with Crippen molar-refractivity contribution in [3.05, 3.63) is 52.0 Å². The third kappa shape index (κ3) is 3.31. The number of aryl methyl sites for hydroxylation is 2. The van der Waals surface area contributed by atoms with Gasteiger partial charge in [-0.25, -0.2) is 4.98 Å². The Kier molecular flexibility index (Phi) is 4.28. The van der Waals surface area contributed by atoms with Gasteiger partial charge in [0.2, 0.25) is 0 Å². The molecule has 100 valence electrons. The average molecular weight is 283 g/mol. The molecule has 0 spiro atoms. The number of thiazole rings is 1. The Morgan fingerprint density at radius 1 is 1.45 bits per heavy atom. The summed E-state index contributed by atoms with van der Waals surface area (Å²) in [7, 11) is 0. The maximum atomic E-state index is 12.0. The Balaban J connectivity index is 2.27. The number of benzene rings is 1. The van der Waals surface area contributed by atoms with Gasteiger partial charge in [0.15, 0.2) is 5.13 Å². The highest BCUT2D eigenvalue weighted by molar-refractivity contribution is 7.13. The van der Waals surface area contributed by atoms with Crippen molar-refractivity contribution in [3.63, 3.8) is 0 Å². The summed E-state index contributed by atoms with van der Waals surface area (Å²) in [4.78, 5) is 16.0. The van der Waals surface area contributed by atoms with Crippen LogP contribution >= 0.6 is 11.3 Å². The average Bonchev–Trinajstić information content (AvgIpc) is 2.92. The fourth-order valence-corrected chi connectivity index (χ4v) is 2.19. The minimum atomic E-state index is -0.441. The van der Waals surface area contributed by atoms with E-state index in [4.69, 9.17) is 5.26 Å². The van der Waals surface area contributed by atoms with E-state index < -0.39 is 5.91 Å². The normalized spacial score (nSPS) is 10.9. The van der Waals surface area contributed by atoms with Crippen LogP contribution in [0.4, 0.5) is 5.13 Å². The lowest BCUT2D eigenvalue weighted by molar-refractivity contribution is -0.112. The summed E-state index contributed by atoms with van der Waals surface area (Å²) in [5, 5.41) is 14.0. The second-order valence-corrected chi connectivity index (χ2v) is 5.22. The van der Waals surface area contributed by atoms with Crippen molar-refractivity contribution in [2.24, 2.45) is 0 Å². The van der Waals surface area contributed by atoms with Gasteiger partial charge in [0.25, 0.3) is 5.91 Å². The number of anilines is 1. The second-order valence-electron chi connectivity index (χ2n) is 4.32. The van der Waals surface area contributed by atoms with Gasteiger partial charge < -0.3 is 0 Å². The first-order valence-corrected chi connectivity index (χ1v) is 6.88. The van der Waals surface area contributed by atoms with Gasteiger partial charge in [-0.1, -0.05) is 23.8 Å². The van der Waals surface area contributed by atoms with Crippen LogP contribution in [0, 0.1) is 25.2 Å². The minimum Gasteiger partial charge on any atom is -0.297 e. The topological polar surface area (TPSA) is 65.8 Å². The number of aromatic nitrogens is 1. The maximum absolute atomic E-state index is 12.0. The summed E-state index contributed by atoms with van der Waals surface area (Å²) in [5.41, 5.74) is 3.04.